The fourth-order valence-electron chi connectivity index (χ4n) is 1.99. The van der Waals surface area contributed by atoms with E-state index in [1.165, 1.54) is 0 Å². The third kappa shape index (κ3) is 1.98. The Morgan fingerprint density at radius 1 is 1.50 bits per heavy atom. The van der Waals surface area contributed by atoms with Gasteiger partial charge in [-0.05, 0) is 31.1 Å². The Bertz CT molecular complexity index is 197. The van der Waals surface area contributed by atoms with Gasteiger partial charge in [0, 0.05) is 0 Å². The molecule has 0 radical (unpaired) electrons. The highest BCUT2D eigenvalue weighted by molar-refractivity contribution is 4.93. The average molecular weight is 167 g/mol. The smallest absolute Gasteiger partial charge is 0.0779 e. The first-order valence-corrected chi connectivity index (χ1v) is 4.67. The lowest BCUT2D eigenvalue weighted by Gasteiger charge is -2.37. The zero-order chi connectivity index (χ0) is 9.19. The van der Waals surface area contributed by atoms with Crippen molar-refractivity contribution in [3.8, 4) is 6.07 Å². The largest absolute Gasteiger partial charge is 0.389 e. The van der Waals surface area contributed by atoms with E-state index >= 15 is 0 Å². The van der Waals surface area contributed by atoms with Crippen molar-refractivity contribution in [2.75, 3.05) is 0 Å². The van der Waals surface area contributed by atoms with E-state index in [-0.39, 0.29) is 0 Å². The summed E-state index contributed by atoms with van der Waals surface area (Å²) in [4.78, 5) is 0. The maximum absolute atomic E-state index is 9.94. The SMILES string of the molecule is CC1CCC(O)(CC#N)CC1C. The van der Waals surface area contributed by atoms with Crippen molar-refractivity contribution >= 4 is 0 Å². The Kier molecular flexibility index (Phi) is 2.74. The summed E-state index contributed by atoms with van der Waals surface area (Å²) in [5, 5.41) is 18.5. The Balaban J connectivity index is 2.55. The van der Waals surface area contributed by atoms with Gasteiger partial charge in [-0.15, -0.1) is 0 Å². The summed E-state index contributed by atoms with van der Waals surface area (Å²) in [6, 6.07) is 2.06. The van der Waals surface area contributed by atoms with Crippen molar-refractivity contribution in [2.45, 2.75) is 45.1 Å². The van der Waals surface area contributed by atoms with Crippen LogP contribution in [0.15, 0.2) is 0 Å². The molecule has 0 aliphatic heterocycles. The van der Waals surface area contributed by atoms with Crippen LogP contribution in [0, 0.1) is 23.2 Å². The first-order chi connectivity index (χ1) is 5.57. The topological polar surface area (TPSA) is 44.0 Å². The molecule has 0 bridgehead atoms. The molecule has 0 saturated heterocycles. The van der Waals surface area contributed by atoms with E-state index in [9.17, 15) is 5.11 Å². The summed E-state index contributed by atoms with van der Waals surface area (Å²) >= 11 is 0. The molecule has 2 heteroatoms. The minimum atomic E-state index is -0.680. The molecule has 0 spiro atoms. The molecular formula is C10H17NO. The second-order valence-corrected chi connectivity index (χ2v) is 4.26. The second kappa shape index (κ2) is 3.45. The van der Waals surface area contributed by atoms with Gasteiger partial charge >= 0.3 is 0 Å². The predicted molar refractivity (Wildman–Crippen MR) is 47.4 cm³/mol. The Hall–Kier alpha value is -0.550. The van der Waals surface area contributed by atoms with E-state index in [2.05, 4.69) is 19.9 Å². The van der Waals surface area contributed by atoms with Crippen LogP contribution in [0.1, 0.15) is 39.5 Å². The minimum Gasteiger partial charge on any atom is -0.389 e. The Labute approximate surface area is 74.2 Å². The molecule has 1 rings (SSSR count). The third-order valence-corrected chi connectivity index (χ3v) is 3.15. The molecule has 2 nitrogen and oxygen atoms in total. The fourth-order valence-corrected chi connectivity index (χ4v) is 1.99. The summed E-state index contributed by atoms with van der Waals surface area (Å²) < 4.78 is 0. The normalized spacial score (nSPS) is 42.2. The molecule has 0 aromatic rings. The lowest BCUT2D eigenvalue weighted by molar-refractivity contribution is -0.0244. The summed E-state index contributed by atoms with van der Waals surface area (Å²) in [5.74, 6) is 1.25. The highest BCUT2D eigenvalue weighted by atomic mass is 16.3. The van der Waals surface area contributed by atoms with Crippen LogP contribution in [0.25, 0.3) is 0 Å². The van der Waals surface area contributed by atoms with Crippen molar-refractivity contribution in [1.29, 1.82) is 5.26 Å². The molecule has 12 heavy (non-hydrogen) atoms. The van der Waals surface area contributed by atoms with Crippen molar-refractivity contribution in [1.82, 2.24) is 0 Å². The Morgan fingerprint density at radius 2 is 2.17 bits per heavy atom. The van der Waals surface area contributed by atoms with E-state index in [4.69, 9.17) is 5.26 Å². The molecule has 3 unspecified atom stereocenters. The summed E-state index contributed by atoms with van der Waals surface area (Å²) in [6.07, 6.45) is 2.94. The van der Waals surface area contributed by atoms with Crippen molar-refractivity contribution in [2.24, 2.45) is 11.8 Å². The highest BCUT2D eigenvalue weighted by Crippen LogP contribution is 2.37. The molecule has 0 heterocycles. The van der Waals surface area contributed by atoms with Gasteiger partial charge in [0.15, 0.2) is 0 Å². The standard InChI is InChI=1S/C10H17NO/c1-8-3-4-10(12,5-6-11)7-9(8)2/h8-9,12H,3-5,7H2,1-2H3. The molecule has 1 saturated carbocycles. The molecule has 0 aromatic heterocycles. The molecule has 3 atom stereocenters. The lowest BCUT2D eigenvalue weighted by atomic mass is 9.72. The first kappa shape index (κ1) is 9.54. The van der Waals surface area contributed by atoms with Crippen LogP contribution in [-0.2, 0) is 0 Å². The van der Waals surface area contributed by atoms with Gasteiger partial charge in [-0.2, -0.15) is 5.26 Å². The molecule has 0 amide bonds. The molecule has 1 fully saturated rings. The summed E-state index contributed by atoms with van der Waals surface area (Å²) in [7, 11) is 0. The molecular weight excluding hydrogens is 150 g/mol. The number of hydrogen-bond donors (Lipinski definition) is 1. The summed E-state index contributed by atoms with van der Waals surface area (Å²) in [5.41, 5.74) is -0.680. The quantitative estimate of drug-likeness (QED) is 0.649. The number of hydrogen-bond acceptors (Lipinski definition) is 2. The van der Waals surface area contributed by atoms with Gasteiger partial charge in [0.05, 0.1) is 18.1 Å². The predicted octanol–water partition coefficient (Wildman–Crippen LogP) is 2.09. The van der Waals surface area contributed by atoms with Crippen LogP contribution >= 0.6 is 0 Å². The van der Waals surface area contributed by atoms with Crippen molar-refractivity contribution in [3.05, 3.63) is 0 Å². The van der Waals surface area contributed by atoms with Gasteiger partial charge in [-0.25, -0.2) is 0 Å². The number of aliphatic hydroxyl groups is 1. The number of nitriles is 1. The molecule has 1 N–H and O–H groups in total. The summed E-state index contributed by atoms with van der Waals surface area (Å²) in [6.45, 7) is 4.38. The number of rotatable bonds is 1. The van der Waals surface area contributed by atoms with Crippen LogP contribution in [0.2, 0.25) is 0 Å². The molecule has 1 aliphatic carbocycles. The average Bonchev–Trinajstić information content (AvgIpc) is 1.98. The van der Waals surface area contributed by atoms with Gasteiger partial charge < -0.3 is 5.11 Å². The first-order valence-electron chi connectivity index (χ1n) is 4.67. The van der Waals surface area contributed by atoms with Crippen LogP contribution in [0.4, 0.5) is 0 Å². The van der Waals surface area contributed by atoms with E-state index in [1.54, 1.807) is 0 Å². The van der Waals surface area contributed by atoms with Crippen LogP contribution < -0.4 is 0 Å². The van der Waals surface area contributed by atoms with Gasteiger partial charge in [0.2, 0.25) is 0 Å². The van der Waals surface area contributed by atoms with Crippen molar-refractivity contribution in [3.63, 3.8) is 0 Å². The lowest BCUT2D eigenvalue weighted by Crippen LogP contribution is -2.37. The van der Waals surface area contributed by atoms with Gasteiger partial charge in [-0.3, -0.25) is 0 Å². The fraction of sp³-hybridized carbons (Fsp3) is 0.900. The molecule has 68 valence electrons. The zero-order valence-electron chi connectivity index (χ0n) is 7.88. The van der Waals surface area contributed by atoms with Gasteiger partial charge in [0.1, 0.15) is 0 Å². The van der Waals surface area contributed by atoms with E-state index in [1.807, 2.05) is 0 Å². The highest BCUT2D eigenvalue weighted by Gasteiger charge is 2.35. The van der Waals surface area contributed by atoms with E-state index < -0.39 is 5.60 Å². The van der Waals surface area contributed by atoms with E-state index in [0.717, 1.165) is 19.3 Å². The number of nitrogens with zero attached hydrogens (tertiary/aromatic N) is 1. The van der Waals surface area contributed by atoms with Gasteiger partial charge in [-0.1, -0.05) is 13.8 Å². The van der Waals surface area contributed by atoms with Crippen LogP contribution in [0.3, 0.4) is 0 Å². The van der Waals surface area contributed by atoms with Crippen LogP contribution in [-0.4, -0.2) is 10.7 Å². The van der Waals surface area contributed by atoms with Crippen molar-refractivity contribution < 1.29 is 5.11 Å². The third-order valence-electron chi connectivity index (χ3n) is 3.15. The maximum Gasteiger partial charge on any atom is 0.0779 e. The maximum atomic E-state index is 9.94. The van der Waals surface area contributed by atoms with E-state index in [0.29, 0.717) is 18.3 Å². The molecule has 0 aromatic carbocycles. The minimum absolute atomic E-state index is 0.296. The van der Waals surface area contributed by atoms with Gasteiger partial charge in [0.25, 0.3) is 0 Å². The Morgan fingerprint density at radius 3 is 2.67 bits per heavy atom. The zero-order valence-corrected chi connectivity index (χ0v) is 7.88. The van der Waals surface area contributed by atoms with Crippen LogP contribution in [0.5, 0.6) is 0 Å². The second-order valence-electron chi connectivity index (χ2n) is 4.26. The molecule has 1 aliphatic rings. The monoisotopic (exact) mass is 167 g/mol.